The van der Waals surface area contributed by atoms with E-state index >= 15 is 0 Å². The zero-order chi connectivity index (χ0) is 13.1. The highest BCUT2D eigenvalue weighted by Crippen LogP contribution is 2.20. The maximum absolute atomic E-state index is 13.3. The van der Waals surface area contributed by atoms with Crippen molar-refractivity contribution in [3.63, 3.8) is 0 Å². The third-order valence-electron chi connectivity index (χ3n) is 2.90. The lowest BCUT2D eigenvalue weighted by Crippen LogP contribution is -2.01. The van der Waals surface area contributed by atoms with Crippen LogP contribution in [0.2, 0.25) is 5.02 Å². The Balaban J connectivity index is 2.09. The number of halogens is 2. The molecule has 0 spiro atoms. The Labute approximate surface area is 112 Å². The molecule has 2 aromatic carbocycles. The van der Waals surface area contributed by atoms with Crippen LogP contribution in [-0.2, 0) is 6.54 Å². The molecule has 0 fully saturated rings. The van der Waals surface area contributed by atoms with Crippen molar-refractivity contribution >= 4 is 17.3 Å². The van der Waals surface area contributed by atoms with E-state index < -0.39 is 5.82 Å². The standard InChI is InChI=1S/C15H15ClFN/c1-10-3-4-12(11(2)7-10)9-18-13-5-6-14(16)15(17)8-13/h3-8,18H,9H2,1-2H3. The largest absolute Gasteiger partial charge is 0.381 e. The first-order valence-corrected chi connectivity index (χ1v) is 6.19. The highest BCUT2D eigenvalue weighted by molar-refractivity contribution is 6.30. The van der Waals surface area contributed by atoms with Crippen LogP contribution in [0.15, 0.2) is 36.4 Å². The predicted molar refractivity (Wildman–Crippen MR) is 74.7 cm³/mol. The maximum Gasteiger partial charge on any atom is 0.143 e. The summed E-state index contributed by atoms with van der Waals surface area (Å²) in [5, 5.41) is 3.34. The van der Waals surface area contributed by atoms with Gasteiger partial charge in [-0.3, -0.25) is 0 Å². The zero-order valence-electron chi connectivity index (χ0n) is 10.4. The third-order valence-corrected chi connectivity index (χ3v) is 3.21. The Morgan fingerprint density at radius 2 is 1.89 bits per heavy atom. The van der Waals surface area contributed by atoms with Crippen molar-refractivity contribution in [1.29, 1.82) is 0 Å². The average Bonchev–Trinajstić information content (AvgIpc) is 2.32. The Morgan fingerprint density at radius 3 is 2.56 bits per heavy atom. The van der Waals surface area contributed by atoms with Crippen LogP contribution in [0.4, 0.5) is 10.1 Å². The van der Waals surface area contributed by atoms with Gasteiger partial charge in [-0.2, -0.15) is 0 Å². The number of rotatable bonds is 3. The van der Waals surface area contributed by atoms with Crippen molar-refractivity contribution in [2.45, 2.75) is 20.4 Å². The first-order valence-electron chi connectivity index (χ1n) is 5.81. The SMILES string of the molecule is Cc1ccc(CNc2ccc(Cl)c(F)c2)c(C)c1. The summed E-state index contributed by atoms with van der Waals surface area (Å²) < 4.78 is 13.3. The van der Waals surface area contributed by atoms with Gasteiger partial charge in [-0.15, -0.1) is 0 Å². The van der Waals surface area contributed by atoms with E-state index in [0.717, 1.165) is 5.69 Å². The molecule has 2 aromatic rings. The smallest absolute Gasteiger partial charge is 0.143 e. The molecule has 0 saturated heterocycles. The van der Waals surface area contributed by atoms with Gasteiger partial charge in [-0.05, 0) is 43.2 Å². The van der Waals surface area contributed by atoms with Crippen molar-refractivity contribution in [1.82, 2.24) is 0 Å². The summed E-state index contributed by atoms with van der Waals surface area (Å²) in [6.07, 6.45) is 0. The fourth-order valence-corrected chi connectivity index (χ4v) is 1.97. The van der Waals surface area contributed by atoms with Gasteiger partial charge >= 0.3 is 0 Å². The van der Waals surface area contributed by atoms with E-state index in [1.165, 1.54) is 22.8 Å². The normalized spacial score (nSPS) is 10.4. The Morgan fingerprint density at radius 1 is 1.11 bits per heavy atom. The van der Waals surface area contributed by atoms with Gasteiger partial charge in [0.2, 0.25) is 0 Å². The molecule has 2 rings (SSSR count). The molecule has 0 aliphatic carbocycles. The molecule has 0 saturated carbocycles. The first kappa shape index (κ1) is 12.9. The fraction of sp³-hybridized carbons (Fsp3) is 0.200. The van der Waals surface area contributed by atoms with Gasteiger partial charge in [0.15, 0.2) is 0 Å². The number of hydrogen-bond donors (Lipinski definition) is 1. The molecular weight excluding hydrogens is 249 g/mol. The second-order valence-corrected chi connectivity index (χ2v) is 4.82. The molecular formula is C15H15ClFN. The van der Waals surface area contributed by atoms with Crippen LogP contribution >= 0.6 is 11.6 Å². The Kier molecular flexibility index (Phi) is 3.87. The molecule has 0 unspecified atom stereocenters. The molecule has 0 aliphatic rings. The van der Waals surface area contributed by atoms with Crippen molar-refractivity contribution in [2.75, 3.05) is 5.32 Å². The monoisotopic (exact) mass is 263 g/mol. The second kappa shape index (κ2) is 5.40. The van der Waals surface area contributed by atoms with Gasteiger partial charge in [0.1, 0.15) is 5.82 Å². The summed E-state index contributed by atoms with van der Waals surface area (Å²) >= 11 is 5.64. The highest BCUT2D eigenvalue weighted by atomic mass is 35.5. The van der Waals surface area contributed by atoms with Crippen molar-refractivity contribution in [3.8, 4) is 0 Å². The quantitative estimate of drug-likeness (QED) is 0.846. The molecule has 3 heteroatoms. The van der Waals surface area contributed by atoms with E-state index in [-0.39, 0.29) is 5.02 Å². The first-order chi connectivity index (χ1) is 8.56. The van der Waals surface area contributed by atoms with Gasteiger partial charge in [-0.25, -0.2) is 4.39 Å². The van der Waals surface area contributed by atoms with Crippen LogP contribution in [-0.4, -0.2) is 0 Å². The molecule has 1 N–H and O–H groups in total. The van der Waals surface area contributed by atoms with E-state index in [1.54, 1.807) is 12.1 Å². The van der Waals surface area contributed by atoms with E-state index in [1.807, 2.05) is 0 Å². The lowest BCUT2D eigenvalue weighted by molar-refractivity contribution is 0.628. The molecule has 0 aliphatic heterocycles. The minimum Gasteiger partial charge on any atom is -0.381 e. The molecule has 0 atom stereocenters. The number of aryl methyl sites for hydroxylation is 2. The summed E-state index contributed by atoms with van der Waals surface area (Å²) in [4.78, 5) is 0. The van der Waals surface area contributed by atoms with E-state index in [4.69, 9.17) is 11.6 Å². The summed E-state index contributed by atoms with van der Waals surface area (Å²) in [6.45, 7) is 4.82. The van der Waals surface area contributed by atoms with E-state index in [2.05, 4.69) is 37.4 Å². The average molecular weight is 264 g/mol. The van der Waals surface area contributed by atoms with Gasteiger partial charge in [0, 0.05) is 12.2 Å². The van der Waals surface area contributed by atoms with Crippen LogP contribution in [0.3, 0.4) is 0 Å². The molecule has 0 heterocycles. The fourth-order valence-electron chi connectivity index (χ4n) is 1.85. The van der Waals surface area contributed by atoms with E-state index in [0.29, 0.717) is 6.54 Å². The lowest BCUT2D eigenvalue weighted by Gasteiger charge is -2.10. The van der Waals surface area contributed by atoms with Gasteiger partial charge in [0.25, 0.3) is 0 Å². The Bertz CT molecular complexity index is 566. The topological polar surface area (TPSA) is 12.0 Å². The number of anilines is 1. The number of nitrogens with one attached hydrogen (secondary N) is 1. The minimum atomic E-state index is -0.401. The second-order valence-electron chi connectivity index (χ2n) is 4.41. The van der Waals surface area contributed by atoms with Crippen LogP contribution in [0.1, 0.15) is 16.7 Å². The zero-order valence-corrected chi connectivity index (χ0v) is 11.2. The summed E-state index contributed by atoms with van der Waals surface area (Å²) in [5.41, 5.74) is 4.42. The molecule has 0 radical (unpaired) electrons. The molecule has 0 bridgehead atoms. The summed E-state index contributed by atoms with van der Waals surface area (Å²) in [6, 6.07) is 11.0. The molecule has 0 aromatic heterocycles. The molecule has 1 nitrogen and oxygen atoms in total. The number of hydrogen-bond acceptors (Lipinski definition) is 1. The van der Waals surface area contributed by atoms with Gasteiger partial charge in [0.05, 0.1) is 5.02 Å². The van der Waals surface area contributed by atoms with Crippen LogP contribution < -0.4 is 5.32 Å². The summed E-state index contributed by atoms with van der Waals surface area (Å²) in [7, 11) is 0. The Hall–Kier alpha value is -1.54. The highest BCUT2D eigenvalue weighted by Gasteiger charge is 2.02. The third kappa shape index (κ3) is 3.02. The van der Waals surface area contributed by atoms with Crippen molar-refractivity contribution in [2.24, 2.45) is 0 Å². The van der Waals surface area contributed by atoms with Crippen molar-refractivity contribution < 1.29 is 4.39 Å². The lowest BCUT2D eigenvalue weighted by atomic mass is 10.1. The molecule has 94 valence electrons. The van der Waals surface area contributed by atoms with Gasteiger partial charge in [-0.1, -0.05) is 35.4 Å². The van der Waals surface area contributed by atoms with E-state index in [9.17, 15) is 4.39 Å². The van der Waals surface area contributed by atoms with Crippen LogP contribution in [0.5, 0.6) is 0 Å². The number of benzene rings is 2. The van der Waals surface area contributed by atoms with Crippen molar-refractivity contribution in [3.05, 3.63) is 63.9 Å². The maximum atomic E-state index is 13.3. The molecule has 0 amide bonds. The van der Waals surface area contributed by atoms with Crippen LogP contribution in [0.25, 0.3) is 0 Å². The predicted octanol–water partition coefficient (Wildman–Crippen LogP) is 4.71. The minimum absolute atomic E-state index is 0.145. The molecule has 18 heavy (non-hydrogen) atoms. The van der Waals surface area contributed by atoms with Crippen LogP contribution in [0, 0.1) is 19.7 Å². The van der Waals surface area contributed by atoms with Gasteiger partial charge < -0.3 is 5.32 Å². The summed E-state index contributed by atoms with van der Waals surface area (Å²) in [5.74, 6) is -0.401.